The van der Waals surface area contributed by atoms with E-state index in [2.05, 4.69) is 15.9 Å². The quantitative estimate of drug-likeness (QED) is 0.626. The maximum atomic E-state index is 12.2. The first kappa shape index (κ1) is 15.2. The van der Waals surface area contributed by atoms with E-state index in [1.165, 1.54) is 4.57 Å². The van der Waals surface area contributed by atoms with Gasteiger partial charge in [0.1, 0.15) is 5.75 Å². The minimum Gasteiger partial charge on any atom is -0.497 e. The van der Waals surface area contributed by atoms with E-state index in [0.717, 1.165) is 5.56 Å². The molecule has 2 rings (SSSR count). The van der Waals surface area contributed by atoms with Gasteiger partial charge in [-0.25, -0.2) is 0 Å². The molecule has 0 fully saturated rings. The Hall–Kier alpha value is -2.15. The number of hydrogen-bond donors (Lipinski definition) is 0. The first-order chi connectivity index (χ1) is 9.93. The molecule has 7 heteroatoms. The lowest BCUT2D eigenvalue weighted by Gasteiger charge is -2.09. The van der Waals surface area contributed by atoms with Crippen LogP contribution in [0, 0.1) is 17.0 Å². The monoisotopic (exact) mass is 352 g/mol. The van der Waals surface area contributed by atoms with Crippen LogP contribution in [0.4, 0.5) is 5.69 Å². The van der Waals surface area contributed by atoms with Crippen molar-refractivity contribution < 1.29 is 9.66 Å². The van der Waals surface area contributed by atoms with Crippen LogP contribution in [0.5, 0.6) is 5.75 Å². The Morgan fingerprint density at radius 3 is 2.48 bits per heavy atom. The minimum absolute atomic E-state index is 0.253. The molecule has 0 saturated carbocycles. The van der Waals surface area contributed by atoms with Crippen LogP contribution in [0.1, 0.15) is 11.1 Å². The zero-order valence-corrected chi connectivity index (χ0v) is 13.1. The molecule has 0 saturated heterocycles. The van der Waals surface area contributed by atoms with E-state index in [0.29, 0.717) is 15.8 Å². The highest BCUT2D eigenvalue weighted by Gasteiger charge is 2.21. The average molecular weight is 353 g/mol. The number of rotatable bonds is 4. The third-order valence-electron chi connectivity index (χ3n) is 3.14. The second-order valence-corrected chi connectivity index (χ2v) is 5.34. The van der Waals surface area contributed by atoms with Crippen LogP contribution in [0.2, 0.25) is 0 Å². The number of hydrogen-bond acceptors (Lipinski definition) is 4. The Morgan fingerprint density at radius 2 is 1.95 bits per heavy atom. The molecule has 110 valence electrons. The van der Waals surface area contributed by atoms with E-state index in [-0.39, 0.29) is 6.54 Å². The number of aromatic nitrogens is 1. The molecule has 0 spiro atoms. The molecule has 2 aromatic rings. The van der Waals surface area contributed by atoms with Crippen LogP contribution >= 0.6 is 15.9 Å². The van der Waals surface area contributed by atoms with Gasteiger partial charge >= 0.3 is 11.2 Å². The molecule has 0 N–H and O–H groups in total. The third kappa shape index (κ3) is 3.13. The number of benzene rings is 1. The van der Waals surface area contributed by atoms with Gasteiger partial charge in [0, 0.05) is 16.2 Å². The summed E-state index contributed by atoms with van der Waals surface area (Å²) in [6.07, 6.45) is 1.56. The Kier molecular flexibility index (Phi) is 4.42. The van der Waals surface area contributed by atoms with Gasteiger partial charge in [0.25, 0.3) is 0 Å². The van der Waals surface area contributed by atoms with Gasteiger partial charge < -0.3 is 9.30 Å². The highest BCUT2D eigenvalue weighted by atomic mass is 79.9. The lowest BCUT2D eigenvalue weighted by molar-refractivity contribution is -0.387. The molecule has 21 heavy (non-hydrogen) atoms. The van der Waals surface area contributed by atoms with Crippen molar-refractivity contribution in [3.8, 4) is 5.75 Å². The van der Waals surface area contributed by atoms with E-state index in [4.69, 9.17) is 4.74 Å². The van der Waals surface area contributed by atoms with Crippen molar-refractivity contribution in [2.75, 3.05) is 7.11 Å². The van der Waals surface area contributed by atoms with Gasteiger partial charge in [-0.15, -0.1) is 0 Å². The van der Waals surface area contributed by atoms with Crippen LogP contribution in [-0.4, -0.2) is 16.6 Å². The third-order valence-corrected chi connectivity index (χ3v) is 3.94. The summed E-state index contributed by atoms with van der Waals surface area (Å²) < 4.78 is 6.91. The molecule has 0 aliphatic rings. The summed E-state index contributed by atoms with van der Waals surface area (Å²) >= 11 is 3.25. The molecule has 0 atom stereocenters. The van der Waals surface area contributed by atoms with Crippen molar-refractivity contribution in [2.24, 2.45) is 0 Å². The van der Waals surface area contributed by atoms with Crippen molar-refractivity contribution >= 4 is 21.6 Å². The molecule has 1 aromatic carbocycles. The van der Waals surface area contributed by atoms with Crippen molar-refractivity contribution in [3.63, 3.8) is 0 Å². The molecule has 0 amide bonds. The van der Waals surface area contributed by atoms with Crippen LogP contribution in [-0.2, 0) is 6.54 Å². The fraction of sp³-hybridized carbons (Fsp3) is 0.214. The highest BCUT2D eigenvalue weighted by Crippen LogP contribution is 2.22. The number of methoxy groups -OCH3 is 1. The Labute approximate surface area is 129 Å². The van der Waals surface area contributed by atoms with E-state index in [1.54, 1.807) is 32.4 Å². The predicted molar refractivity (Wildman–Crippen MR) is 81.9 cm³/mol. The van der Waals surface area contributed by atoms with Gasteiger partial charge in [-0.2, -0.15) is 0 Å². The summed E-state index contributed by atoms with van der Waals surface area (Å²) in [5, 5.41) is 11.0. The summed E-state index contributed by atoms with van der Waals surface area (Å²) in [5.74, 6) is 0.710. The van der Waals surface area contributed by atoms with Crippen LogP contribution in [0.15, 0.2) is 39.7 Å². The Morgan fingerprint density at radius 1 is 1.33 bits per heavy atom. The summed E-state index contributed by atoms with van der Waals surface area (Å²) in [5.41, 5.74) is 0.160. The van der Waals surface area contributed by atoms with Crippen molar-refractivity contribution in [1.82, 2.24) is 4.57 Å². The summed E-state index contributed by atoms with van der Waals surface area (Å²) in [4.78, 5) is 22.6. The second kappa shape index (κ2) is 6.09. The lowest BCUT2D eigenvalue weighted by Crippen LogP contribution is -2.24. The Balaban J connectivity index is 2.44. The van der Waals surface area contributed by atoms with Crippen molar-refractivity contribution in [3.05, 3.63) is 66.5 Å². The van der Waals surface area contributed by atoms with Gasteiger partial charge in [0.05, 0.1) is 18.6 Å². The number of ether oxygens (including phenoxy) is 1. The SMILES string of the molecule is COc1ccc(Cn2cc(Br)c(C)c([N+](=O)[O-])c2=O)cc1. The molecule has 1 aromatic heterocycles. The van der Waals surface area contributed by atoms with Crippen LogP contribution < -0.4 is 10.3 Å². The molecule has 0 bridgehead atoms. The van der Waals surface area contributed by atoms with Crippen molar-refractivity contribution in [2.45, 2.75) is 13.5 Å². The van der Waals surface area contributed by atoms with Crippen LogP contribution in [0.25, 0.3) is 0 Å². The molecular weight excluding hydrogens is 340 g/mol. The fourth-order valence-electron chi connectivity index (χ4n) is 1.96. The van der Waals surface area contributed by atoms with E-state index in [9.17, 15) is 14.9 Å². The van der Waals surface area contributed by atoms with Crippen molar-refractivity contribution in [1.29, 1.82) is 0 Å². The zero-order chi connectivity index (χ0) is 15.6. The second-order valence-electron chi connectivity index (χ2n) is 4.49. The minimum atomic E-state index is -0.646. The van der Waals surface area contributed by atoms with Gasteiger partial charge in [0.2, 0.25) is 0 Å². The number of nitrogens with zero attached hydrogens (tertiary/aromatic N) is 2. The standard InChI is InChI=1S/C14H13BrN2O4/c1-9-12(15)8-16(14(18)13(9)17(19)20)7-10-3-5-11(21-2)6-4-10/h3-6,8H,7H2,1-2H3. The van der Waals surface area contributed by atoms with E-state index in [1.807, 2.05) is 12.1 Å². The fourth-order valence-corrected chi connectivity index (χ4v) is 2.40. The van der Waals surface area contributed by atoms with Gasteiger partial charge in [-0.1, -0.05) is 12.1 Å². The predicted octanol–water partition coefficient (Wildman–Crippen LogP) is 2.88. The average Bonchev–Trinajstić information content (AvgIpc) is 2.45. The first-order valence-corrected chi connectivity index (χ1v) is 6.90. The summed E-state index contributed by atoms with van der Waals surface area (Å²) in [6.45, 7) is 1.80. The molecule has 0 unspecified atom stereocenters. The van der Waals surface area contributed by atoms with E-state index < -0.39 is 16.2 Å². The lowest BCUT2D eigenvalue weighted by atomic mass is 10.2. The Bertz CT molecular complexity index is 738. The normalized spacial score (nSPS) is 10.4. The first-order valence-electron chi connectivity index (χ1n) is 6.11. The molecule has 0 radical (unpaired) electrons. The summed E-state index contributed by atoms with van der Waals surface area (Å²) in [6, 6.07) is 7.17. The summed E-state index contributed by atoms with van der Waals surface area (Å²) in [7, 11) is 1.57. The number of halogens is 1. The smallest absolute Gasteiger partial charge is 0.338 e. The molecule has 0 aliphatic heterocycles. The topological polar surface area (TPSA) is 74.4 Å². The van der Waals surface area contributed by atoms with Gasteiger partial charge in [-0.05, 0) is 40.5 Å². The molecular formula is C14H13BrN2O4. The number of nitro groups is 1. The van der Waals surface area contributed by atoms with Gasteiger partial charge in [0.15, 0.2) is 0 Å². The highest BCUT2D eigenvalue weighted by molar-refractivity contribution is 9.10. The van der Waals surface area contributed by atoms with Gasteiger partial charge in [-0.3, -0.25) is 14.9 Å². The number of pyridine rings is 1. The van der Waals surface area contributed by atoms with E-state index >= 15 is 0 Å². The maximum absolute atomic E-state index is 12.2. The molecule has 0 aliphatic carbocycles. The van der Waals surface area contributed by atoms with Crippen LogP contribution in [0.3, 0.4) is 0 Å². The molecule has 1 heterocycles. The largest absolute Gasteiger partial charge is 0.497 e. The molecule has 6 nitrogen and oxygen atoms in total. The zero-order valence-electron chi connectivity index (χ0n) is 11.5. The maximum Gasteiger partial charge on any atom is 0.338 e.